The second-order valence-electron chi connectivity index (χ2n) is 7.64. The molecule has 2 amide bonds. The third kappa shape index (κ3) is 4.36. The van der Waals surface area contributed by atoms with E-state index in [1.807, 2.05) is 0 Å². The van der Waals surface area contributed by atoms with E-state index in [4.69, 9.17) is 4.74 Å². The number of fused-ring (bicyclic) bond motifs is 1. The van der Waals surface area contributed by atoms with E-state index < -0.39 is 12.6 Å². The van der Waals surface area contributed by atoms with Crippen LogP contribution in [0.15, 0.2) is 54.6 Å². The summed E-state index contributed by atoms with van der Waals surface area (Å²) in [6.45, 7) is -0.391. The number of hydrogen-bond donors (Lipinski definition) is 0. The van der Waals surface area contributed by atoms with E-state index in [1.54, 1.807) is 42.5 Å². The molecule has 6 nitrogen and oxygen atoms in total. The Morgan fingerprint density at radius 3 is 2.06 bits per heavy atom. The van der Waals surface area contributed by atoms with Gasteiger partial charge in [-0.15, -0.1) is 0 Å². The zero-order chi connectivity index (χ0) is 22.1. The van der Waals surface area contributed by atoms with Crippen molar-refractivity contribution < 1.29 is 23.9 Å². The number of Topliss-reactive ketones (excluding diaryl/α,β-unsaturated/α-hetero) is 1. The number of carbonyl (C=O) groups excluding carboxylic acids is 4. The van der Waals surface area contributed by atoms with Crippen molar-refractivity contribution in [3.63, 3.8) is 0 Å². The summed E-state index contributed by atoms with van der Waals surface area (Å²) in [5.74, 6) is -2.24. The molecule has 8 heteroatoms. The zero-order valence-electron chi connectivity index (χ0n) is 16.4. The molecule has 2 aromatic carbocycles. The fourth-order valence-electron chi connectivity index (χ4n) is 4.04. The Morgan fingerprint density at radius 1 is 0.871 bits per heavy atom. The van der Waals surface area contributed by atoms with Crippen LogP contribution < -0.4 is 4.90 Å². The van der Waals surface area contributed by atoms with Crippen molar-refractivity contribution in [2.24, 2.45) is 11.8 Å². The van der Waals surface area contributed by atoms with Crippen molar-refractivity contribution in [3.05, 3.63) is 65.7 Å². The SMILES string of the molecule is O=C(COC(=O)c1cccc(N2C(=O)[C@H]3C[C@@H](Br)[C@@H](Br)C[C@@H]3C2=O)c1)c1ccccc1. The molecular formula is C23H19Br2NO5. The van der Waals surface area contributed by atoms with Gasteiger partial charge < -0.3 is 4.74 Å². The van der Waals surface area contributed by atoms with Crippen LogP contribution in [0.25, 0.3) is 0 Å². The highest BCUT2D eigenvalue weighted by atomic mass is 79.9. The molecule has 4 rings (SSSR count). The second-order valence-corrected chi connectivity index (χ2v) is 10.00. The topological polar surface area (TPSA) is 80.8 Å². The third-order valence-electron chi connectivity index (χ3n) is 5.68. The molecule has 1 aliphatic carbocycles. The van der Waals surface area contributed by atoms with E-state index >= 15 is 0 Å². The fourth-order valence-corrected chi connectivity index (χ4v) is 5.28. The molecular weight excluding hydrogens is 530 g/mol. The number of esters is 1. The Labute approximate surface area is 196 Å². The van der Waals surface area contributed by atoms with Crippen LogP contribution in [0.4, 0.5) is 5.69 Å². The Kier molecular flexibility index (Phi) is 6.39. The van der Waals surface area contributed by atoms with Crippen molar-refractivity contribution in [1.82, 2.24) is 0 Å². The Morgan fingerprint density at radius 2 is 1.45 bits per heavy atom. The van der Waals surface area contributed by atoms with Gasteiger partial charge in [0, 0.05) is 15.2 Å². The van der Waals surface area contributed by atoms with Crippen LogP contribution in [0.5, 0.6) is 0 Å². The number of hydrogen-bond acceptors (Lipinski definition) is 5. The number of nitrogens with zero attached hydrogens (tertiary/aromatic N) is 1. The molecule has 2 fully saturated rings. The van der Waals surface area contributed by atoms with Crippen LogP contribution in [0.2, 0.25) is 0 Å². The van der Waals surface area contributed by atoms with Crippen LogP contribution in [-0.4, -0.2) is 39.8 Å². The number of rotatable bonds is 5. The summed E-state index contributed by atoms with van der Waals surface area (Å²) in [6.07, 6.45) is 1.15. The van der Waals surface area contributed by atoms with Crippen LogP contribution in [0, 0.1) is 11.8 Å². The standard InChI is InChI=1S/C23H19Br2NO5/c24-18-10-16-17(11-19(18)25)22(29)26(21(16)28)15-8-4-7-14(9-15)23(30)31-12-20(27)13-5-2-1-3-6-13/h1-9,16-19H,10-12H2/t16-,17-,18-,19+/m0/s1. The maximum atomic E-state index is 13.0. The van der Waals surface area contributed by atoms with Gasteiger partial charge in [0.05, 0.1) is 23.1 Å². The Hall–Kier alpha value is -2.32. The molecule has 1 aliphatic heterocycles. The molecule has 1 heterocycles. The summed E-state index contributed by atoms with van der Waals surface area (Å²) < 4.78 is 5.15. The van der Waals surface area contributed by atoms with Crippen LogP contribution in [0.3, 0.4) is 0 Å². The molecule has 160 valence electrons. The lowest BCUT2D eigenvalue weighted by atomic mass is 9.81. The largest absolute Gasteiger partial charge is 0.454 e. The van der Waals surface area contributed by atoms with E-state index in [-0.39, 0.29) is 44.7 Å². The monoisotopic (exact) mass is 547 g/mol. The molecule has 4 atom stereocenters. The smallest absolute Gasteiger partial charge is 0.338 e. The maximum absolute atomic E-state index is 13.0. The first-order chi connectivity index (χ1) is 14.9. The van der Waals surface area contributed by atoms with Crippen LogP contribution in [-0.2, 0) is 14.3 Å². The number of amides is 2. The third-order valence-corrected chi connectivity index (χ3v) is 8.42. The molecule has 0 spiro atoms. The molecule has 2 aliphatic rings. The van der Waals surface area contributed by atoms with Gasteiger partial charge in [-0.25, -0.2) is 4.79 Å². The van der Waals surface area contributed by atoms with Gasteiger partial charge in [-0.3, -0.25) is 19.3 Å². The lowest BCUT2D eigenvalue weighted by molar-refractivity contribution is -0.122. The van der Waals surface area contributed by atoms with Crippen LogP contribution >= 0.6 is 31.9 Å². The Bertz CT molecular complexity index is 1010. The zero-order valence-corrected chi connectivity index (χ0v) is 19.5. The summed E-state index contributed by atoms with van der Waals surface area (Å²) in [5, 5.41) is 0. The number of benzene rings is 2. The van der Waals surface area contributed by atoms with Crippen molar-refractivity contribution in [1.29, 1.82) is 0 Å². The van der Waals surface area contributed by atoms with E-state index in [2.05, 4.69) is 31.9 Å². The number of halogens is 2. The van der Waals surface area contributed by atoms with Gasteiger partial charge in [-0.05, 0) is 31.0 Å². The minimum Gasteiger partial charge on any atom is -0.454 e. The van der Waals surface area contributed by atoms with Gasteiger partial charge in [0.25, 0.3) is 0 Å². The fraction of sp³-hybridized carbons (Fsp3) is 0.304. The quantitative estimate of drug-likeness (QED) is 0.243. The number of ether oxygens (including phenoxy) is 1. The van der Waals surface area contributed by atoms with Gasteiger partial charge in [0.15, 0.2) is 12.4 Å². The second kappa shape index (κ2) is 9.04. The van der Waals surface area contributed by atoms with Gasteiger partial charge in [0.2, 0.25) is 11.8 Å². The highest BCUT2D eigenvalue weighted by molar-refractivity contribution is 9.12. The molecule has 1 saturated heterocycles. The lowest BCUT2D eigenvalue weighted by Gasteiger charge is -2.29. The molecule has 0 N–H and O–H groups in total. The molecule has 31 heavy (non-hydrogen) atoms. The first-order valence-electron chi connectivity index (χ1n) is 9.88. The summed E-state index contributed by atoms with van der Waals surface area (Å²) in [4.78, 5) is 52.0. The molecule has 0 unspecified atom stereocenters. The highest BCUT2D eigenvalue weighted by Crippen LogP contribution is 2.44. The normalized spacial score (nSPS) is 25.3. The molecule has 2 aromatic rings. The Balaban J connectivity index is 1.48. The van der Waals surface area contributed by atoms with Crippen LogP contribution in [0.1, 0.15) is 33.6 Å². The number of carbonyl (C=O) groups is 4. The first-order valence-corrected chi connectivity index (χ1v) is 11.7. The molecule has 1 saturated carbocycles. The summed E-state index contributed by atoms with van der Waals surface area (Å²) in [5.41, 5.74) is 0.964. The van der Waals surface area contributed by atoms with Crippen molar-refractivity contribution in [2.45, 2.75) is 22.5 Å². The predicted molar refractivity (Wildman–Crippen MR) is 122 cm³/mol. The van der Waals surface area contributed by atoms with E-state index in [0.717, 1.165) is 0 Å². The van der Waals surface area contributed by atoms with Crippen molar-refractivity contribution >= 4 is 61.1 Å². The lowest BCUT2D eigenvalue weighted by Crippen LogP contribution is -2.34. The predicted octanol–water partition coefficient (Wildman–Crippen LogP) is 4.15. The van der Waals surface area contributed by atoms with E-state index in [0.29, 0.717) is 24.1 Å². The summed E-state index contributed by atoms with van der Waals surface area (Å²) in [7, 11) is 0. The van der Waals surface area contributed by atoms with Gasteiger partial charge in [-0.2, -0.15) is 0 Å². The van der Waals surface area contributed by atoms with Gasteiger partial charge in [-0.1, -0.05) is 68.3 Å². The average Bonchev–Trinajstić information content (AvgIpc) is 3.02. The van der Waals surface area contributed by atoms with Gasteiger partial charge >= 0.3 is 5.97 Å². The van der Waals surface area contributed by atoms with E-state index in [9.17, 15) is 19.2 Å². The number of anilines is 1. The van der Waals surface area contributed by atoms with Crippen molar-refractivity contribution in [2.75, 3.05) is 11.5 Å². The summed E-state index contributed by atoms with van der Waals surface area (Å²) in [6, 6.07) is 14.8. The van der Waals surface area contributed by atoms with Gasteiger partial charge in [0.1, 0.15) is 0 Å². The molecule has 0 radical (unpaired) electrons. The molecule has 0 aromatic heterocycles. The molecule has 0 bridgehead atoms. The highest BCUT2D eigenvalue weighted by Gasteiger charge is 2.52. The number of imide groups is 1. The maximum Gasteiger partial charge on any atom is 0.338 e. The minimum atomic E-state index is -0.691. The summed E-state index contributed by atoms with van der Waals surface area (Å²) >= 11 is 7.15. The number of ketones is 1. The average molecular weight is 549 g/mol. The van der Waals surface area contributed by atoms with E-state index in [1.165, 1.54) is 17.0 Å². The first kappa shape index (κ1) is 21.9. The number of alkyl halides is 2. The van der Waals surface area contributed by atoms with Crippen molar-refractivity contribution in [3.8, 4) is 0 Å². The minimum absolute atomic E-state index is 0.119.